The molecule has 0 spiro atoms. The maximum absolute atomic E-state index is 11.3. The largest absolute Gasteiger partial charge is 0.465 e. The Kier molecular flexibility index (Phi) is 4.61. The Morgan fingerprint density at radius 1 is 1.44 bits per heavy atom. The number of nitro benzene ring substituents is 1. The average molecular weight is 273 g/mol. The molecule has 0 heterocycles. The summed E-state index contributed by atoms with van der Waals surface area (Å²) in [4.78, 5) is 25.9. The molecule has 96 valence electrons. The molecule has 0 saturated carbocycles. The Morgan fingerprint density at radius 2 is 2.11 bits per heavy atom. The number of nitrogens with zero attached hydrogens (tertiary/aromatic N) is 2. The lowest BCUT2D eigenvalue weighted by Crippen LogP contribution is -2.07. The molecular weight excluding hydrogens is 264 g/mol. The lowest BCUT2D eigenvalue weighted by atomic mass is 10.1. The minimum Gasteiger partial charge on any atom is -0.465 e. The highest BCUT2D eigenvalue weighted by molar-refractivity contribution is 6.69. The van der Waals surface area contributed by atoms with Crippen LogP contribution in [-0.2, 0) is 9.57 Å². The van der Waals surface area contributed by atoms with Gasteiger partial charge in [0, 0.05) is 11.6 Å². The fourth-order valence-electron chi connectivity index (χ4n) is 1.23. The van der Waals surface area contributed by atoms with Gasteiger partial charge in [0.2, 0.25) is 0 Å². The van der Waals surface area contributed by atoms with Crippen LogP contribution in [0.15, 0.2) is 23.4 Å². The zero-order valence-corrected chi connectivity index (χ0v) is 10.3. The summed E-state index contributed by atoms with van der Waals surface area (Å²) >= 11 is 5.74. The molecule has 0 N–H and O–H groups in total. The molecule has 0 fully saturated rings. The quantitative estimate of drug-likeness (QED) is 0.361. The van der Waals surface area contributed by atoms with Gasteiger partial charge in [0.05, 0.1) is 12.0 Å². The second-order valence-electron chi connectivity index (χ2n) is 3.05. The minimum atomic E-state index is -0.798. The van der Waals surface area contributed by atoms with Gasteiger partial charge < -0.3 is 9.57 Å². The first-order valence-corrected chi connectivity index (χ1v) is 5.02. The highest BCUT2D eigenvalue weighted by atomic mass is 35.5. The predicted molar refractivity (Wildman–Crippen MR) is 63.8 cm³/mol. The second kappa shape index (κ2) is 5.97. The zero-order valence-electron chi connectivity index (χ0n) is 9.55. The number of carbonyl (C=O) groups is 1. The van der Waals surface area contributed by atoms with E-state index in [0.29, 0.717) is 0 Å². The molecule has 1 aromatic carbocycles. The third-order valence-electron chi connectivity index (χ3n) is 2.01. The standard InChI is InChI=1S/C10H9ClN2O5/c1-17-10(14)7-4-3-6(9(11)12-18-2)5-8(7)13(15)16/h3-5H,1-2H3/b12-9-. The van der Waals surface area contributed by atoms with Crippen LogP contribution >= 0.6 is 11.6 Å². The molecule has 0 unspecified atom stereocenters. The summed E-state index contributed by atoms with van der Waals surface area (Å²) in [5.74, 6) is -0.798. The van der Waals surface area contributed by atoms with Crippen molar-refractivity contribution in [2.75, 3.05) is 14.2 Å². The van der Waals surface area contributed by atoms with Gasteiger partial charge in [-0.25, -0.2) is 4.79 Å². The number of esters is 1. The topological polar surface area (TPSA) is 91.0 Å². The van der Waals surface area contributed by atoms with Crippen molar-refractivity contribution in [3.63, 3.8) is 0 Å². The number of rotatable bonds is 4. The van der Waals surface area contributed by atoms with E-state index in [4.69, 9.17) is 11.6 Å². The summed E-state index contributed by atoms with van der Waals surface area (Å²) in [5, 5.41) is 14.2. The molecule has 0 aliphatic heterocycles. The van der Waals surface area contributed by atoms with Gasteiger partial charge in [-0.15, -0.1) is 0 Å². The van der Waals surface area contributed by atoms with E-state index in [0.717, 1.165) is 13.2 Å². The van der Waals surface area contributed by atoms with Crippen LogP contribution < -0.4 is 0 Å². The van der Waals surface area contributed by atoms with Crippen molar-refractivity contribution in [2.24, 2.45) is 5.16 Å². The van der Waals surface area contributed by atoms with Crippen LogP contribution in [0.3, 0.4) is 0 Å². The predicted octanol–water partition coefficient (Wildman–Crippen LogP) is 1.93. The summed E-state index contributed by atoms with van der Waals surface area (Å²) < 4.78 is 4.44. The molecule has 0 aliphatic rings. The maximum atomic E-state index is 11.3. The Labute approximate surface area is 107 Å². The van der Waals surface area contributed by atoms with E-state index in [2.05, 4.69) is 14.7 Å². The van der Waals surface area contributed by atoms with E-state index in [9.17, 15) is 14.9 Å². The van der Waals surface area contributed by atoms with Gasteiger partial charge in [0.15, 0.2) is 5.17 Å². The molecule has 0 aromatic heterocycles. The molecule has 7 nitrogen and oxygen atoms in total. The van der Waals surface area contributed by atoms with Crippen LogP contribution in [0, 0.1) is 10.1 Å². The van der Waals surface area contributed by atoms with Crippen LogP contribution in [0.1, 0.15) is 15.9 Å². The summed E-state index contributed by atoms with van der Waals surface area (Å²) in [6.07, 6.45) is 0. The molecule has 1 rings (SSSR count). The number of carbonyl (C=O) groups excluding carboxylic acids is 1. The molecule has 18 heavy (non-hydrogen) atoms. The first-order chi connectivity index (χ1) is 8.51. The van der Waals surface area contributed by atoms with E-state index in [1.165, 1.54) is 19.2 Å². The summed E-state index contributed by atoms with van der Waals surface area (Å²) in [6.45, 7) is 0. The highest BCUT2D eigenvalue weighted by Crippen LogP contribution is 2.22. The van der Waals surface area contributed by atoms with Crippen molar-refractivity contribution in [2.45, 2.75) is 0 Å². The minimum absolute atomic E-state index is 0.0583. The zero-order chi connectivity index (χ0) is 13.7. The second-order valence-corrected chi connectivity index (χ2v) is 3.40. The Balaban J connectivity index is 3.32. The van der Waals surface area contributed by atoms with Crippen LogP contribution in [-0.4, -0.2) is 30.3 Å². The molecule has 0 saturated heterocycles. The van der Waals surface area contributed by atoms with Gasteiger partial charge in [-0.3, -0.25) is 10.1 Å². The summed E-state index contributed by atoms with van der Waals surface area (Å²) in [5.41, 5.74) is -0.310. The number of nitro groups is 1. The molecule has 1 aromatic rings. The van der Waals surface area contributed by atoms with Crippen LogP contribution in [0.4, 0.5) is 5.69 Å². The number of benzene rings is 1. The highest BCUT2D eigenvalue weighted by Gasteiger charge is 2.22. The van der Waals surface area contributed by atoms with E-state index < -0.39 is 16.6 Å². The van der Waals surface area contributed by atoms with Crippen LogP contribution in [0.25, 0.3) is 0 Å². The van der Waals surface area contributed by atoms with Gasteiger partial charge in [0.25, 0.3) is 5.69 Å². The smallest absolute Gasteiger partial charge is 0.344 e. The SMILES string of the molecule is CO/N=C(\Cl)c1ccc(C(=O)OC)c([N+](=O)[O-])c1. The van der Waals surface area contributed by atoms with Crippen molar-refractivity contribution in [3.8, 4) is 0 Å². The van der Waals surface area contributed by atoms with Gasteiger partial charge >= 0.3 is 5.97 Å². The third kappa shape index (κ3) is 2.95. The molecular formula is C10H9ClN2O5. The fraction of sp³-hybridized carbons (Fsp3) is 0.200. The number of oxime groups is 1. The summed E-state index contributed by atoms with van der Waals surface area (Å²) in [7, 11) is 2.43. The molecule has 0 bridgehead atoms. The van der Waals surface area contributed by atoms with E-state index in [-0.39, 0.29) is 16.3 Å². The van der Waals surface area contributed by atoms with Crippen molar-refractivity contribution < 1.29 is 19.3 Å². The molecule has 0 radical (unpaired) electrons. The Bertz CT molecular complexity index is 515. The van der Waals surface area contributed by atoms with E-state index in [1.54, 1.807) is 0 Å². The molecule has 8 heteroatoms. The Morgan fingerprint density at radius 3 is 2.61 bits per heavy atom. The fourth-order valence-corrected chi connectivity index (χ4v) is 1.41. The van der Waals surface area contributed by atoms with Crippen molar-refractivity contribution >= 4 is 28.4 Å². The first kappa shape index (κ1) is 13.9. The monoisotopic (exact) mass is 272 g/mol. The number of halogens is 1. The summed E-state index contributed by atoms with van der Waals surface area (Å²) in [6, 6.07) is 3.77. The van der Waals surface area contributed by atoms with E-state index in [1.807, 2.05) is 0 Å². The van der Waals surface area contributed by atoms with Crippen molar-refractivity contribution in [1.29, 1.82) is 0 Å². The number of hydrogen-bond acceptors (Lipinski definition) is 6. The average Bonchev–Trinajstić information content (AvgIpc) is 2.37. The van der Waals surface area contributed by atoms with Gasteiger partial charge in [-0.1, -0.05) is 22.8 Å². The Hall–Kier alpha value is -2.15. The van der Waals surface area contributed by atoms with Crippen molar-refractivity contribution in [1.82, 2.24) is 0 Å². The van der Waals surface area contributed by atoms with Crippen molar-refractivity contribution in [3.05, 3.63) is 39.4 Å². The first-order valence-electron chi connectivity index (χ1n) is 4.65. The van der Waals surface area contributed by atoms with Gasteiger partial charge in [-0.05, 0) is 6.07 Å². The molecule has 0 atom stereocenters. The molecule has 0 amide bonds. The van der Waals surface area contributed by atoms with Gasteiger partial charge in [-0.2, -0.15) is 0 Å². The number of ether oxygens (including phenoxy) is 1. The number of hydrogen-bond donors (Lipinski definition) is 0. The lowest BCUT2D eigenvalue weighted by molar-refractivity contribution is -0.385. The lowest BCUT2D eigenvalue weighted by Gasteiger charge is -2.03. The van der Waals surface area contributed by atoms with Crippen LogP contribution in [0.5, 0.6) is 0 Å². The molecule has 0 aliphatic carbocycles. The normalized spacial score (nSPS) is 10.9. The van der Waals surface area contributed by atoms with Gasteiger partial charge in [0.1, 0.15) is 12.7 Å². The van der Waals surface area contributed by atoms with E-state index >= 15 is 0 Å². The maximum Gasteiger partial charge on any atom is 0.344 e. The number of methoxy groups -OCH3 is 1. The third-order valence-corrected chi connectivity index (χ3v) is 2.30. The van der Waals surface area contributed by atoms with Crippen LogP contribution in [0.2, 0.25) is 0 Å².